The molecule has 18 heavy (non-hydrogen) atoms. The molecule has 0 spiro atoms. The fraction of sp³-hybridized carbons (Fsp3) is 0.0769. The third-order valence-electron chi connectivity index (χ3n) is 2.47. The maximum Gasteiger partial charge on any atom is 0.263 e. The van der Waals surface area contributed by atoms with Crippen molar-refractivity contribution in [1.82, 2.24) is 0 Å². The number of nitrogen functional groups attached to an aromatic ring is 1. The van der Waals surface area contributed by atoms with Crippen LogP contribution in [0, 0.1) is 5.82 Å². The van der Waals surface area contributed by atoms with Crippen molar-refractivity contribution in [3.63, 3.8) is 0 Å². The molecule has 0 unspecified atom stereocenters. The van der Waals surface area contributed by atoms with Crippen LogP contribution in [-0.4, -0.2) is 0 Å². The molecule has 0 heterocycles. The molecule has 0 atom stereocenters. The van der Waals surface area contributed by atoms with E-state index in [1.165, 1.54) is 30.3 Å². The zero-order chi connectivity index (χ0) is 13.3. The summed E-state index contributed by atoms with van der Waals surface area (Å²) in [5, 5.41) is 0.245. The molecular formula is C13H9ClF3N. The molecule has 0 aromatic heterocycles. The Kier molecular flexibility index (Phi) is 3.48. The lowest BCUT2D eigenvalue weighted by Crippen LogP contribution is -1.93. The summed E-state index contributed by atoms with van der Waals surface area (Å²) in [6.07, 6.45) is -2.65. The first-order valence-electron chi connectivity index (χ1n) is 5.11. The summed E-state index contributed by atoms with van der Waals surface area (Å²) >= 11 is 5.63. The van der Waals surface area contributed by atoms with Gasteiger partial charge in [-0.15, -0.1) is 0 Å². The molecule has 2 aromatic carbocycles. The standard InChI is InChI=1S/C13H9ClF3N/c14-9-1-2-11(12(15)6-9)7-3-8(13(16)17)5-10(18)4-7/h1-6,13H,18H2. The summed E-state index contributed by atoms with van der Waals surface area (Å²) in [6, 6.07) is 7.88. The lowest BCUT2D eigenvalue weighted by Gasteiger charge is -2.08. The topological polar surface area (TPSA) is 26.0 Å². The molecule has 0 fully saturated rings. The van der Waals surface area contributed by atoms with Gasteiger partial charge in [0.2, 0.25) is 0 Å². The predicted molar refractivity (Wildman–Crippen MR) is 66.2 cm³/mol. The number of nitrogens with two attached hydrogens (primary N) is 1. The number of benzene rings is 2. The number of hydrogen-bond donors (Lipinski definition) is 1. The molecule has 0 aliphatic rings. The minimum atomic E-state index is -2.65. The number of anilines is 1. The Morgan fingerprint density at radius 2 is 1.78 bits per heavy atom. The lowest BCUT2D eigenvalue weighted by atomic mass is 10.0. The highest BCUT2D eigenvalue weighted by atomic mass is 35.5. The summed E-state index contributed by atoms with van der Waals surface area (Å²) in [6.45, 7) is 0. The Labute approximate surface area is 107 Å². The highest BCUT2D eigenvalue weighted by molar-refractivity contribution is 6.30. The van der Waals surface area contributed by atoms with E-state index in [0.717, 1.165) is 6.07 Å². The highest BCUT2D eigenvalue weighted by Crippen LogP contribution is 2.31. The van der Waals surface area contributed by atoms with Crippen LogP contribution >= 0.6 is 11.6 Å². The fourth-order valence-electron chi connectivity index (χ4n) is 1.68. The molecule has 2 rings (SSSR count). The van der Waals surface area contributed by atoms with E-state index >= 15 is 0 Å². The minimum Gasteiger partial charge on any atom is -0.399 e. The number of halogens is 4. The first-order chi connectivity index (χ1) is 8.47. The molecule has 1 nitrogen and oxygen atoms in total. The SMILES string of the molecule is Nc1cc(-c2ccc(Cl)cc2F)cc(C(F)F)c1. The predicted octanol–water partition coefficient (Wildman–Crippen LogP) is 4.67. The van der Waals surface area contributed by atoms with E-state index in [1.807, 2.05) is 0 Å². The smallest absolute Gasteiger partial charge is 0.263 e. The molecule has 0 saturated carbocycles. The highest BCUT2D eigenvalue weighted by Gasteiger charge is 2.12. The van der Waals surface area contributed by atoms with Gasteiger partial charge in [-0.05, 0) is 42.0 Å². The Bertz CT molecular complexity index is 584. The number of alkyl halides is 2. The van der Waals surface area contributed by atoms with Gasteiger partial charge in [0.25, 0.3) is 6.43 Å². The minimum absolute atomic E-state index is 0.164. The van der Waals surface area contributed by atoms with Crippen LogP contribution in [0.5, 0.6) is 0 Å². The molecule has 0 bridgehead atoms. The van der Waals surface area contributed by atoms with Crippen molar-refractivity contribution < 1.29 is 13.2 Å². The maximum atomic E-state index is 13.7. The summed E-state index contributed by atoms with van der Waals surface area (Å²) in [5.41, 5.74) is 5.95. The van der Waals surface area contributed by atoms with Gasteiger partial charge in [-0.1, -0.05) is 11.6 Å². The first kappa shape index (κ1) is 12.8. The van der Waals surface area contributed by atoms with Gasteiger partial charge in [0, 0.05) is 21.8 Å². The average molecular weight is 272 g/mol. The van der Waals surface area contributed by atoms with E-state index in [2.05, 4.69) is 0 Å². The summed E-state index contributed by atoms with van der Waals surface area (Å²) in [5.74, 6) is -0.576. The second-order valence-electron chi connectivity index (χ2n) is 3.81. The first-order valence-corrected chi connectivity index (χ1v) is 5.49. The molecule has 0 aliphatic carbocycles. The third-order valence-corrected chi connectivity index (χ3v) is 2.71. The van der Waals surface area contributed by atoms with Crippen LogP contribution in [0.3, 0.4) is 0 Å². The molecule has 0 radical (unpaired) electrons. The van der Waals surface area contributed by atoms with E-state index in [9.17, 15) is 13.2 Å². The van der Waals surface area contributed by atoms with Gasteiger partial charge in [-0.25, -0.2) is 13.2 Å². The Morgan fingerprint density at radius 1 is 1.06 bits per heavy atom. The summed E-state index contributed by atoms with van der Waals surface area (Å²) in [7, 11) is 0. The Hall–Kier alpha value is -1.68. The van der Waals surface area contributed by atoms with Crippen LogP contribution in [0.15, 0.2) is 36.4 Å². The second-order valence-corrected chi connectivity index (χ2v) is 4.25. The van der Waals surface area contributed by atoms with Crippen molar-refractivity contribution in [2.24, 2.45) is 0 Å². The van der Waals surface area contributed by atoms with E-state index < -0.39 is 12.2 Å². The zero-order valence-corrected chi connectivity index (χ0v) is 9.89. The van der Waals surface area contributed by atoms with E-state index in [1.54, 1.807) is 0 Å². The molecular weight excluding hydrogens is 263 g/mol. The quantitative estimate of drug-likeness (QED) is 0.790. The largest absolute Gasteiger partial charge is 0.399 e. The van der Waals surface area contributed by atoms with E-state index in [-0.39, 0.29) is 21.8 Å². The normalized spacial score (nSPS) is 10.9. The van der Waals surface area contributed by atoms with Crippen LogP contribution in [0.4, 0.5) is 18.9 Å². The molecule has 2 N–H and O–H groups in total. The molecule has 5 heteroatoms. The van der Waals surface area contributed by atoms with Crippen molar-refractivity contribution in [2.75, 3.05) is 5.73 Å². The van der Waals surface area contributed by atoms with Gasteiger partial charge in [0.05, 0.1) is 0 Å². The van der Waals surface area contributed by atoms with Gasteiger partial charge >= 0.3 is 0 Å². The number of hydrogen-bond acceptors (Lipinski definition) is 1. The van der Waals surface area contributed by atoms with Crippen LogP contribution in [-0.2, 0) is 0 Å². The summed E-state index contributed by atoms with van der Waals surface area (Å²) < 4.78 is 39.0. The number of rotatable bonds is 2. The van der Waals surface area contributed by atoms with Crippen molar-refractivity contribution in [1.29, 1.82) is 0 Å². The van der Waals surface area contributed by atoms with Gasteiger partial charge in [0.1, 0.15) is 5.82 Å². The van der Waals surface area contributed by atoms with Crippen LogP contribution in [0.1, 0.15) is 12.0 Å². The third kappa shape index (κ3) is 2.59. The second kappa shape index (κ2) is 4.90. The van der Waals surface area contributed by atoms with Crippen molar-refractivity contribution in [2.45, 2.75) is 6.43 Å². The zero-order valence-electron chi connectivity index (χ0n) is 9.13. The van der Waals surface area contributed by atoms with Crippen molar-refractivity contribution >= 4 is 17.3 Å². The summed E-state index contributed by atoms with van der Waals surface area (Å²) in [4.78, 5) is 0. The monoisotopic (exact) mass is 271 g/mol. The molecule has 94 valence electrons. The van der Waals surface area contributed by atoms with E-state index in [4.69, 9.17) is 17.3 Å². The molecule has 2 aromatic rings. The van der Waals surface area contributed by atoms with Crippen LogP contribution in [0.2, 0.25) is 5.02 Å². The Balaban J connectivity index is 2.56. The van der Waals surface area contributed by atoms with Gasteiger partial charge in [0.15, 0.2) is 0 Å². The van der Waals surface area contributed by atoms with Crippen molar-refractivity contribution in [3.05, 3.63) is 52.8 Å². The molecule has 0 saturated heterocycles. The fourth-order valence-corrected chi connectivity index (χ4v) is 1.84. The van der Waals surface area contributed by atoms with Gasteiger partial charge in [-0.3, -0.25) is 0 Å². The maximum absolute atomic E-state index is 13.7. The van der Waals surface area contributed by atoms with Gasteiger partial charge < -0.3 is 5.73 Å². The lowest BCUT2D eigenvalue weighted by molar-refractivity contribution is 0.151. The van der Waals surface area contributed by atoms with E-state index in [0.29, 0.717) is 5.56 Å². The van der Waals surface area contributed by atoms with Crippen molar-refractivity contribution in [3.8, 4) is 11.1 Å². The van der Waals surface area contributed by atoms with Crippen LogP contribution < -0.4 is 5.73 Å². The average Bonchev–Trinajstić information content (AvgIpc) is 2.27. The molecule has 0 aliphatic heterocycles. The van der Waals surface area contributed by atoms with Gasteiger partial charge in [-0.2, -0.15) is 0 Å². The molecule has 0 amide bonds. The Morgan fingerprint density at radius 3 is 2.39 bits per heavy atom. The van der Waals surface area contributed by atoms with Crippen LogP contribution in [0.25, 0.3) is 11.1 Å².